The lowest BCUT2D eigenvalue weighted by Crippen LogP contribution is -2.44. The van der Waals surface area contributed by atoms with E-state index in [0.29, 0.717) is 49.1 Å². The van der Waals surface area contributed by atoms with Crippen molar-refractivity contribution in [3.63, 3.8) is 0 Å². The van der Waals surface area contributed by atoms with Gasteiger partial charge in [-0.3, -0.25) is 9.59 Å². The fourth-order valence-electron chi connectivity index (χ4n) is 4.38. The molecule has 0 unspecified atom stereocenters. The van der Waals surface area contributed by atoms with E-state index < -0.39 is 12.1 Å². The Morgan fingerprint density at radius 2 is 2.11 bits per heavy atom. The van der Waals surface area contributed by atoms with Crippen LogP contribution in [-0.4, -0.2) is 75.1 Å². The number of unbranched alkanes of at least 4 members (excludes halogenated alkanes) is 1. The Hall–Kier alpha value is -3.99. The zero-order valence-electron chi connectivity index (χ0n) is 20.7. The van der Waals surface area contributed by atoms with Crippen molar-refractivity contribution in [1.29, 1.82) is 0 Å². The second-order valence-electron chi connectivity index (χ2n) is 9.01. The lowest BCUT2D eigenvalue weighted by molar-refractivity contribution is 0.0289. The molecule has 5 rings (SSSR count). The largest absolute Gasteiger partial charge is 0.493 e. The number of likely N-dealkylation sites (tertiary alicyclic amines) is 1. The molecule has 0 aliphatic carbocycles. The average molecular weight is 507 g/mol. The maximum atomic E-state index is 13.6. The Bertz CT molecular complexity index is 1250. The first kappa shape index (κ1) is 24.7. The van der Waals surface area contributed by atoms with Crippen LogP contribution in [0.1, 0.15) is 46.3 Å². The molecule has 11 nitrogen and oxygen atoms in total. The summed E-state index contributed by atoms with van der Waals surface area (Å²) in [6.45, 7) is 4.15. The third-order valence-corrected chi connectivity index (χ3v) is 6.34. The molecule has 37 heavy (non-hydrogen) atoms. The van der Waals surface area contributed by atoms with Gasteiger partial charge >= 0.3 is 0 Å². The Morgan fingerprint density at radius 1 is 1.22 bits per heavy atom. The number of aromatic nitrogens is 4. The standard InChI is InChI=1S/C26H30N6O5/c1-2-3-12-35-21-8-5-4-7-19(21)26(34)31-15-20-23(16-31)37-17-18-14-32(30-29-18)11-13-36-22-9-6-10-27-24(22)25(33)28-20/h4-10,14,20,23H,2-3,11-13,15-17H2,1H3,(H,28,33)/t20-,23-/m0/s1. The number of benzene rings is 1. The monoisotopic (exact) mass is 506 g/mol. The van der Waals surface area contributed by atoms with Crippen molar-refractivity contribution in [3.05, 3.63) is 65.7 Å². The molecule has 2 bridgehead atoms. The van der Waals surface area contributed by atoms with Gasteiger partial charge in [0.05, 0.1) is 43.7 Å². The number of amides is 2. The van der Waals surface area contributed by atoms with Crippen LogP contribution in [0.3, 0.4) is 0 Å². The molecule has 11 heteroatoms. The van der Waals surface area contributed by atoms with Gasteiger partial charge in [0.15, 0.2) is 11.4 Å². The summed E-state index contributed by atoms with van der Waals surface area (Å²) in [5.41, 5.74) is 1.32. The van der Waals surface area contributed by atoms with Crippen molar-refractivity contribution in [1.82, 2.24) is 30.2 Å². The first-order chi connectivity index (χ1) is 18.1. The predicted molar refractivity (Wildman–Crippen MR) is 132 cm³/mol. The second-order valence-corrected chi connectivity index (χ2v) is 9.01. The van der Waals surface area contributed by atoms with Gasteiger partial charge in [-0.1, -0.05) is 30.7 Å². The SMILES string of the molecule is CCCCOc1ccccc1C(=O)N1C[C@@H]2NC(=O)c3ncccc3OCCn3cc(nn3)CO[C@H]2C1. The summed E-state index contributed by atoms with van der Waals surface area (Å²) < 4.78 is 19.5. The lowest BCUT2D eigenvalue weighted by atomic mass is 10.1. The molecule has 2 amide bonds. The number of carbonyl (C=O) groups is 2. The molecule has 0 radical (unpaired) electrons. The Balaban J connectivity index is 1.38. The summed E-state index contributed by atoms with van der Waals surface area (Å²) in [5.74, 6) is 0.360. The Morgan fingerprint density at radius 3 is 3.00 bits per heavy atom. The third kappa shape index (κ3) is 5.72. The number of hydrogen-bond donors (Lipinski definition) is 1. The predicted octanol–water partition coefficient (Wildman–Crippen LogP) is 2.08. The van der Waals surface area contributed by atoms with Crippen molar-refractivity contribution in [3.8, 4) is 11.5 Å². The molecule has 1 N–H and O–H groups in total. The van der Waals surface area contributed by atoms with E-state index in [0.717, 1.165) is 12.8 Å². The summed E-state index contributed by atoms with van der Waals surface area (Å²) in [4.78, 5) is 32.7. The summed E-state index contributed by atoms with van der Waals surface area (Å²) in [7, 11) is 0. The fourth-order valence-corrected chi connectivity index (χ4v) is 4.38. The third-order valence-electron chi connectivity index (χ3n) is 6.34. The van der Waals surface area contributed by atoms with Crippen LogP contribution in [0.2, 0.25) is 0 Å². The van der Waals surface area contributed by atoms with Crippen LogP contribution in [0, 0.1) is 0 Å². The van der Waals surface area contributed by atoms with Gasteiger partial charge < -0.3 is 24.4 Å². The minimum Gasteiger partial charge on any atom is -0.493 e. The van der Waals surface area contributed by atoms with Crippen molar-refractivity contribution in [2.45, 2.75) is 45.1 Å². The van der Waals surface area contributed by atoms with Crippen molar-refractivity contribution < 1.29 is 23.8 Å². The molecule has 0 saturated carbocycles. The smallest absolute Gasteiger partial charge is 0.274 e. The number of rotatable bonds is 5. The van der Waals surface area contributed by atoms with Crippen LogP contribution in [0.15, 0.2) is 48.8 Å². The first-order valence-electron chi connectivity index (χ1n) is 12.5. The number of nitrogens with one attached hydrogen (secondary N) is 1. The van der Waals surface area contributed by atoms with Crippen LogP contribution < -0.4 is 14.8 Å². The highest BCUT2D eigenvalue weighted by Gasteiger charge is 2.38. The van der Waals surface area contributed by atoms with Crippen LogP contribution in [0.4, 0.5) is 0 Å². The minimum absolute atomic E-state index is 0.178. The van der Waals surface area contributed by atoms with Gasteiger partial charge in [0.1, 0.15) is 18.1 Å². The van der Waals surface area contributed by atoms with E-state index in [1.165, 1.54) is 0 Å². The number of nitrogens with zero attached hydrogens (tertiary/aromatic N) is 5. The van der Waals surface area contributed by atoms with E-state index >= 15 is 0 Å². The molecule has 1 aromatic carbocycles. The maximum absolute atomic E-state index is 13.6. The van der Waals surface area contributed by atoms with Gasteiger partial charge in [0.2, 0.25) is 0 Å². The second kappa shape index (κ2) is 11.4. The molecule has 2 aliphatic rings. The van der Waals surface area contributed by atoms with Crippen LogP contribution >= 0.6 is 0 Å². The number of pyridine rings is 1. The molecule has 1 fully saturated rings. The Labute approximate surface area is 214 Å². The molecular weight excluding hydrogens is 476 g/mol. The molecular formula is C26H30N6O5. The van der Waals surface area contributed by atoms with Gasteiger partial charge in [0, 0.05) is 19.3 Å². The number of para-hydroxylation sites is 1. The zero-order valence-corrected chi connectivity index (χ0v) is 20.7. The molecule has 194 valence electrons. The summed E-state index contributed by atoms with van der Waals surface area (Å²) in [6, 6.07) is 10.2. The highest BCUT2D eigenvalue weighted by atomic mass is 16.5. The van der Waals surface area contributed by atoms with Crippen molar-refractivity contribution >= 4 is 11.8 Å². The summed E-state index contributed by atoms with van der Waals surface area (Å²) >= 11 is 0. The van der Waals surface area contributed by atoms with Gasteiger partial charge in [-0.2, -0.15) is 0 Å². The van der Waals surface area contributed by atoms with E-state index in [1.54, 1.807) is 46.2 Å². The molecule has 3 aromatic rings. The van der Waals surface area contributed by atoms with Crippen LogP contribution in [-0.2, 0) is 17.9 Å². The van der Waals surface area contributed by atoms with E-state index in [2.05, 4.69) is 27.5 Å². The van der Waals surface area contributed by atoms with Gasteiger partial charge in [-0.15, -0.1) is 5.10 Å². The quantitative estimate of drug-likeness (QED) is 0.522. The number of fused-ring (bicyclic) bond motifs is 4. The van der Waals surface area contributed by atoms with E-state index in [1.807, 2.05) is 12.1 Å². The zero-order chi connectivity index (χ0) is 25.6. The first-order valence-corrected chi connectivity index (χ1v) is 12.5. The molecule has 4 heterocycles. The normalized spacial score (nSPS) is 19.7. The van der Waals surface area contributed by atoms with E-state index in [4.69, 9.17) is 14.2 Å². The molecule has 0 spiro atoms. The number of hydrogen-bond acceptors (Lipinski definition) is 8. The van der Waals surface area contributed by atoms with E-state index in [-0.39, 0.29) is 30.7 Å². The van der Waals surface area contributed by atoms with Crippen LogP contribution in [0.5, 0.6) is 11.5 Å². The highest BCUT2D eigenvalue weighted by Crippen LogP contribution is 2.25. The van der Waals surface area contributed by atoms with Crippen molar-refractivity contribution in [2.24, 2.45) is 0 Å². The summed E-state index contributed by atoms with van der Waals surface area (Å²) in [6.07, 6.45) is 4.79. The minimum atomic E-state index is -0.461. The van der Waals surface area contributed by atoms with E-state index in [9.17, 15) is 9.59 Å². The lowest BCUT2D eigenvalue weighted by Gasteiger charge is -2.20. The van der Waals surface area contributed by atoms with Gasteiger partial charge in [-0.25, -0.2) is 9.67 Å². The van der Waals surface area contributed by atoms with Crippen LogP contribution in [0.25, 0.3) is 0 Å². The number of carbonyl (C=O) groups excluding carboxylic acids is 2. The molecule has 2 atom stereocenters. The molecule has 1 saturated heterocycles. The summed E-state index contributed by atoms with van der Waals surface area (Å²) in [5, 5.41) is 11.3. The average Bonchev–Trinajstić information content (AvgIpc) is 3.54. The van der Waals surface area contributed by atoms with Gasteiger partial charge in [0.25, 0.3) is 11.8 Å². The van der Waals surface area contributed by atoms with Gasteiger partial charge in [-0.05, 0) is 30.7 Å². The topological polar surface area (TPSA) is 121 Å². The highest BCUT2D eigenvalue weighted by molar-refractivity contribution is 5.98. The fraction of sp³-hybridized carbons (Fsp3) is 0.423. The molecule has 2 aromatic heterocycles. The van der Waals surface area contributed by atoms with Crippen molar-refractivity contribution in [2.75, 3.05) is 26.3 Å². The maximum Gasteiger partial charge on any atom is 0.274 e. The number of ether oxygens (including phenoxy) is 3. The Kier molecular flexibility index (Phi) is 7.59. The molecule has 2 aliphatic heterocycles.